The normalized spacial score (nSPS) is 17.5. The Balaban J connectivity index is 1.99. The van der Waals surface area contributed by atoms with E-state index in [0.29, 0.717) is 46.5 Å². The van der Waals surface area contributed by atoms with Crippen LogP contribution in [-0.4, -0.2) is 20.5 Å². The summed E-state index contributed by atoms with van der Waals surface area (Å²) in [6.45, 7) is 2.02. The van der Waals surface area contributed by atoms with E-state index in [1.165, 1.54) is 12.1 Å². The van der Waals surface area contributed by atoms with Gasteiger partial charge in [-0.05, 0) is 30.5 Å². The van der Waals surface area contributed by atoms with Crippen molar-refractivity contribution in [3.05, 3.63) is 47.5 Å². The minimum absolute atomic E-state index is 0.0316. The van der Waals surface area contributed by atoms with E-state index in [1.807, 2.05) is 6.92 Å². The van der Waals surface area contributed by atoms with Crippen LogP contribution in [0.3, 0.4) is 0 Å². The first-order valence-corrected chi connectivity index (χ1v) is 7.50. The lowest BCUT2D eigenvalue weighted by molar-refractivity contribution is 0.0953. The van der Waals surface area contributed by atoms with E-state index in [2.05, 4.69) is 10.1 Å². The fourth-order valence-electron chi connectivity index (χ4n) is 3.19. The minimum Gasteiger partial charge on any atom is -0.397 e. The monoisotopic (exact) mass is 310 g/mol. The number of carbonyl (C=O) groups excluding carboxylic acids is 1. The second kappa shape index (κ2) is 4.87. The van der Waals surface area contributed by atoms with Gasteiger partial charge in [-0.3, -0.25) is 4.79 Å². The number of rotatable bonds is 1. The third-order valence-corrected chi connectivity index (χ3v) is 4.24. The van der Waals surface area contributed by atoms with E-state index in [-0.39, 0.29) is 17.5 Å². The highest BCUT2D eigenvalue weighted by Crippen LogP contribution is 2.33. The predicted molar refractivity (Wildman–Crippen MR) is 85.1 cm³/mol. The van der Waals surface area contributed by atoms with Crippen molar-refractivity contribution in [2.75, 3.05) is 5.73 Å². The fourth-order valence-corrected chi connectivity index (χ4v) is 3.19. The van der Waals surface area contributed by atoms with Crippen molar-refractivity contribution < 1.29 is 9.18 Å². The molecule has 1 atom stereocenters. The van der Waals surface area contributed by atoms with Gasteiger partial charge in [0.2, 0.25) is 0 Å². The van der Waals surface area contributed by atoms with Gasteiger partial charge in [0.05, 0.1) is 34.2 Å². The minimum atomic E-state index is -0.346. The molecule has 3 aromatic rings. The molecular weight excluding hydrogens is 295 g/mol. The van der Waals surface area contributed by atoms with Crippen molar-refractivity contribution in [2.24, 2.45) is 5.92 Å². The number of fused-ring (bicyclic) bond motifs is 2. The lowest BCUT2D eigenvalue weighted by Gasteiger charge is -2.21. The summed E-state index contributed by atoms with van der Waals surface area (Å²) >= 11 is 0. The highest BCUT2D eigenvalue weighted by Gasteiger charge is 2.28. The van der Waals surface area contributed by atoms with E-state index < -0.39 is 0 Å². The maximum atomic E-state index is 13.5. The van der Waals surface area contributed by atoms with Gasteiger partial charge in [-0.1, -0.05) is 13.0 Å². The topological polar surface area (TPSA) is 73.8 Å². The molecule has 5 nitrogen and oxygen atoms in total. The Labute approximate surface area is 131 Å². The average Bonchev–Trinajstić information content (AvgIpc) is 2.90. The molecule has 0 spiro atoms. The number of nitrogen functional groups attached to an aromatic ring is 1. The van der Waals surface area contributed by atoms with E-state index in [4.69, 9.17) is 5.73 Å². The van der Waals surface area contributed by atoms with E-state index in [1.54, 1.807) is 23.0 Å². The smallest absolute Gasteiger partial charge is 0.167 e. The number of nitrogens with zero attached hydrogens (tertiary/aromatic N) is 3. The third-order valence-electron chi connectivity index (χ3n) is 4.24. The van der Waals surface area contributed by atoms with Gasteiger partial charge in [0, 0.05) is 6.42 Å². The van der Waals surface area contributed by atoms with Crippen LogP contribution in [0, 0.1) is 11.7 Å². The number of pyridine rings is 1. The Hall–Kier alpha value is -2.76. The van der Waals surface area contributed by atoms with Crippen molar-refractivity contribution in [3.63, 3.8) is 0 Å². The second-order valence-corrected chi connectivity index (χ2v) is 6.06. The van der Waals surface area contributed by atoms with E-state index in [0.717, 1.165) is 0 Å². The summed E-state index contributed by atoms with van der Waals surface area (Å²) in [5.74, 6) is -0.0741. The molecule has 0 saturated heterocycles. The summed E-state index contributed by atoms with van der Waals surface area (Å²) in [5.41, 5.74) is 8.98. The standard InChI is InChI=1S/C17H15FN4O/c1-9-5-13-15(14(23)6-9)16(19)12-8-20-22(17(12)21-13)11-4-2-3-10(18)7-11/h2-4,7-9H,5-6H2,1H3,(H2,19,21)/t9-/m0/s1. The maximum Gasteiger partial charge on any atom is 0.167 e. The number of benzene rings is 1. The van der Waals surface area contributed by atoms with Crippen LogP contribution in [-0.2, 0) is 6.42 Å². The van der Waals surface area contributed by atoms with E-state index >= 15 is 0 Å². The summed E-state index contributed by atoms with van der Waals surface area (Å²) in [6.07, 6.45) is 2.77. The van der Waals surface area contributed by atoms with Gasteiger partial charge in [-0.2, -0.15) is 5.10 Å². The van der Waals surface area contributed by atoms with Gasteiger partial charge in [0.25, 0.3) is 0 Å². The van der Waals surface area contributed by atoms with Crippen LogP contribution in [0.1, 0.15) is 29.4 Å². The van der Waals surface area contributed by atoms with Crippen molar-refractivity contribution in [3.8, 4) is 5.69 Å². The third kappa shape index (κ3) is 2.10. The molecule has 0 radical (unpaired) electrons. The number of ketones is 1. The van der Waals surface area contributed by atoms with Gasteiger partial charge in [-0.15, -0.1) is 0 Å². The van der Waals surface area contributed by atoms with Gasteiger partial charge in [0.15, 0.2) is 11.4 Å². The Morgan fingerprint density at radius 2 is 2.17 bits per heavy atom. The highest BCUT2D eigenvalue weighted by molar-refractivity contribution is 6.08. The summed E-state index contributed by atoms with van der Waals surface area (Å²) in [7, 11) is 0. The lowest BCUT2D eigenvalue weighted by Crippen LogP contribution is -2.21. The van der Waals surface area contributed by atoms with Crippen LogP contribution < -0.4 is 5.73 Å². The molecular formula is C17H15FN4O. The zero-order chi connectivity index (χ0) is 16.1. The summed E-state index contributed by atoms with van der Waals surface area (Å²) in [5, 5.41) is 4.90. The van der Waals surface area contributed by atoms with Crippen LogP contribution in [0.25, 0.3) is 16.7 Å². The molecule has 1 aliphatic carbocycles. The summed E-state index contributed by atoms with van der Waals surface area (Å²) in [6, 6.07) is 6.13. The Bertz CT molecular complexity index is 947. The molecule has 6 heteroatoms. The molecule has 4 rings (SSSR count). The summed E-state index contributed by atoms with van der Waals surface area (Å²) < 4.78 is 15.0. The number of carbonyl (C=O) groups is 1. The molecule has 1 aliphatic rings. The predicted octanol–water partition coefficient (Wildman–Crippen LogP) is 2.91. The lowest BCUT2D eigenvalue weighted by atomic mass is 9.86. The first-order valence-electron chi connectivity index (χ1n) is 7.50. The Morgan fingerprint density at radius 3 is 2.96 bits per heavy atom. The molecule has 0 bridgehead atoms. The molecule has 1 aromatic carbocycles. The number of halogens is 1. The molecule has 0 fully saturated rings. The van der Waals surface area contributed by atoms with Crippen molar-refractivity contribution in [1.82, 2.24) is 14.8 Å². The highest BCUT2D eigenvalue weighted by atomic mass is 19.1. The molecule has 2 aromatic heterocycles. The number of anilines is 1. The molecule has 2 N–H and O–H groups in total. The number of hydrogen-bond acceptors (Lipinski definition) is 4. The largest absolute Gasteiger partial charge is 0.397 e. The van der Waals surface area contributed by atoms with Crippen molar-refractivity contribution >= 4 is 22.5 Å². The quantitative estimate of drug-likeness (QED) is 0.750. The molecule has 23 heavy (non-hydrogen) atoms. The Kier molecular flexibility index (Phi) is 2.94. The van der Waals surface area contributed by atoms with Gasteiger partial charge >= 0.3 is 0 Å². The van der Waals surface area contributed by atoms with Crippen LogP contribution in [0.15, 0.2) is 30.5 Å². The number of Topliss-reactive ketones (excluding diaryl/α,β-unsaturated/α-hetero) is 1. The number of nitrogens with two attached hydrogens (primary N) is 1. The van der Waals surface area contributed by atoms with Crippen LogP contribution in [0.4, 0.5) is 10.1 Å². The SMILES string of the molecule is C[C@@H]1CC(=O)c2c(nc3c(cnn3-c3cccc(F)c3)c2N)C1. The zero-order valence-electron chi connectivity index (χ0n) is 12.6. The zero-order valence-corrected chi connectivity index (χ0v) is 12.6. The van der Waals surface area contributed by atoms with Crippen molar-refractivity contribution in [2.45, 2.75) is 19.8 Å². The van der Waals surface area contributed by atoms with Gasteiger partial charge in [-0.25, -0.2) is 14.1 Å². The molecule has 0 amide bonds. The molecule has 0 aliphatic heterocycles. The molecule has 0 unspecified atom stereocenters. The molecule has 2 heterocycles. The molecule has 0 saturated carbocycles. The van der Waals surface area contributed by atoms with Gasteiger partial charge in [0.1, 0.15) is 5.82 Å². The average molecular weight is 310 g/mol. The molecule has 116 valence electrons. The second-order valence-electron chi connectivity index (χ2n) is 6.06. The number of aromatic nitrogens is 3. The van der Waals surface area contributed by atoms with Gasteiger partial charge < -0.3 is 5.73 Å². The maximum absolute atomic E-state index is 13.5. The Morgan fingerprint density at radius 1 is 1.35 bits per heavy atom. The van der Waals surface area contributed by atoms with Crippen molar-refractivity contribution in [1.29, 1.82) is 0 Å². The number of hydrogen-bond donors (Lipinski definition) is 1. The first kappa shape index (κ1) is 13.9. The van der Waals surface area contributed by atoms with Crippen LogP contribution in [0.5, 0.6) is 0 Å². The van der Waals surface area contributed by atoms with Crippen LogP contribution >= 0.6 is 0 Å². The first-order chi connectivity index (χ1) is 11.0. The summed E-state index contributed by atoms with van der Waals surface area (Å²) in [4.78, 5) is 16.9. The fraction of sp³-hybridized carbons (Fsp3) is 0.235. The van der Waals surface area contributed by atoms with Crippen LogP contribution in [0.2, 0.25) is 0 Å². The van der Waals surface area contributed by atoms with E-state index in [9.17, 15) is 9.18 Å².